The van der Waals surface area contributed by atoms with E-state index >= 15 is 0 Å². The van der Waals surface area contributed by atoms with E-state index in [0.717, 1.165) is 0 Å². The molecule has 0 saturated carbocycles. The van der Waals surface area contributed by atoms with Crippen molar-refractivity contribution in [1.29, 1.82) is 5.26 Å². The Morgan fingerprint density at radius 2 is 1.92 bits per heavy atom. The van der Waals surface area contributed by atoms with Gasteiger partial charge < -0.3 is 10.1 Å². The number of nitrogens with zero attached hydrogens (tertiary/aromatic N) is 1. The van der Waals surface area contributed by atoms with Crippen molar-refractivity contribution in [3.05, 3.63) is 29.8 Å². The molecule has 136 valence electrons. The molecular weight excluding hydrogens is 344 g/mol. The molecular formula is C17H22N2O5S. The van der Waals surface area contributed by atoms with Gasteiger partial charge in [-0.2, -0.15) is 5.26 Å². The van der Waals surface area contributed by atoms with Gasteiger partial charge in [0.2, 0.25) is 0 Å². The highest BCUT2D eigenvalue weighted by atomic mass is 32.2. The molecule has 0 aliphatic carbocycles. The van der Waals surface area contributed by atoms with E-state index in [4.69, 9.17) is 4.74 Å². The number of carbonyl (C=O) groups excluding carboxylic acids is 2. The number of nitriles is 1. The molecule has 1 amide bonds. The van der Waals surface area contributed by atoms with Gasteiger partial charge in [0.1, 0.15) is 5.54 Å². The number of rotatable bonds is 7. The summed E-state index contributed by atoms with van der Waals surface area (Å²) in [5.41, 5.74) is -1.21. The Morgan fingerprint density at radius 3 is 2.44 bits per heavy atom. The Hall–Kier alpha value is -2.40. The fourth-order valence-electron chi connectivity index (χ4n) is 1.90. The van der Waals surface area contributed by atoms with E-state index in [-0.39, 0.29) is 22.1 Å². The van der Waals surface area contributed by atoms with Crippen molar-refractivity contribution in [2.45, 2.75) is 38.1 Å². The average molecular weight is 366 g/mol. The lowest BCUT2D eigenvalue weighted by Crippen LogP contribution is -2.50. The largest absolute Gasteiger partial charge is 0.452 e. The van der Waals surface area contributed by atoms with Crippen molar-refractivity contribution < 1.29 is 22.7 Å². The van der Waals surface area contributed by atoms with Crippen LogP contribution in [0, 0.1) is 17.2 Å². The maximum atomic E-state index is 12.2. The topological polar surface area (TPSA) is 113 Å². The molecule has 0 heterocycles. The summed E-state index contributed by atoms with van der Waals surface area (Å²) in [4.78, 5) is 24.0. The maximum absolute atomic E-state index is 12.2. The van der Waals surface area contributed by atoms with E-state index in [1.54, 1.807) is 20.8 Å². The van der Waals surface area contributed by atoms with Crippen molar-refractivity contribution in [3.63, 3.8) is 0 Å². The standard InChI is InChI=1S/C17H22N2O5S/c1-5-25(22,23)14-9-7-6-8-13(14)16(21)24-10-15(20)19-17(4,11-18)12(2)3/h6-9,12H,5,10H2,1-4H3,(H,19,20)/t17-/m0/s1. The third-order valence-corrected chi connectivity index (χ3v) is 5.73. The summed E-state index contributed by atoms with van der Waals surface area (Å²) in [5, 5.41) is 11.7. The minimum Gasteiger partial charge on any atom is -0.452 e. The van der Waals surface area contributed by atoms with Crippen LogP contribution in [0.15, 0.2) is 29.2 Å². The van der Waals surface area contributed by atoms with Gasteiger partial charge in [-0.1, -0.05) is 32.9 Å². The second-order valence-corrected chi connectivity index (χ2v) is 8.24. The molecule has 1 atom stereocenters. The van der Waals surface area contributed by atoms with Crippen molar-refractivity contribution in [2.24, 2.45) is 5.92 Å². The predicted molar refractivity (Wildman–Crippen MR) is 91.5 cm³/mol. The van der Waals surface area contributed by atoms with E-state index in [2.05, 4.69) is 5.32 Å². The smallest absolute Gasteiger partial charge is 0.339 e. The fraction of sp³-hybridized carbons (Fsp3) is 0.471. The van der Waals surface area contributed by atoms with Crippen LogP contribution in [-0.2, 0) is 19.4 Å². The van der Waals surface area contributed by atoms with Gasteiger partial charge >= 0.3 is 5.97 Å². The molecule has 0 spiro atoms. The van der Waals surface area contributed by atoms with Gasteiger partial charge in [0, 0.05) is 0 Å². The number of nitrogens with one attached hydrogen (secondary N) is 1. The molecule has 0 unspecified atom stereocenters. The monoisotopic (exact) mass is 366 g/mol. The van der Waals surface area contributed by atoms with E-state index in [0.29, 0.717) is 0 Å². The van der Waals surface area contributed by atoms with Gasteiger partial charge in [-0.05, 0) is 25.0 Å². The molecule has 8 heteroatoms. The predicted octanol–water partition coefficient (Wildman–Crippen LogP) is 1.69. The van der Waals surface area contributed by atoms with E-state index in [1.165, 1.54) is 31.2 Å². The molecule has 0 fully saturated rings. The molecule has 0 aromatic heterocycles. The zero-order valence-corrected chi connectivity index (χ0v) is 15.5. The molecule has 25 heavy (non-hydrogen) atoms. The quantitative estimate of drug-likeness (QED) is 0.735. The van der Waals surface area contributed by atoms with E-state index < -0.39 is 33.9 Å². The van der Waals surface area contributed by atoms with Gasteiger partial charge in [0.05, 0.1) is 22.3 Å². The van der Waals surface area contributed by atoms with Crippen LogP contribution >= 0.6 is 0 Å². The summed E-state index contributed by atoms with van der Waals surface area (Å²) in [6.45, 7) is 5.99. The number of carbonyl (C=O) groups is 2. The summed E-state index contributed by atoms with van der Waals surface area (Å²) in [5.74, 6) is -1.85. The van der Waals surface area contributed by atoms with Gasteiger partial charge in [-0.25, -0.2) is 13.2 Å². The zero-order chi connectivity index (χ0) is 19.3. The second kappa shape index (κ2) is 8.12. The average Bonchev–Trinajstić information content (AvgIpc) is 2.59. The highest BCUT2D eigenvalue weighted by molar-refractivity contribution is 7.91. The van der Waals surface area contributed by atoms with Crippen LogP contribution < -0.4 is 5.32 Å². The Kier molecular flexibility index (Phi) is 6.70. The highest BCUT2D eigenvalue weighted by Gasteiger charge is 2.30. The van der Waals surface area contributed by atoms with Gasteiger partial charge in [0.25, 0.3) is 5.91 Å². The Bertz CT molecular complexity index is 796. The Balaban J connectivity index is 2.86. The van der Waals surface area contributed by atoms with Crippen LogP contribution in [0.25, 0.3) is 0 Å². The van der Waals surface area contributed by atoms with Crippen molar-refractivity contribution in [2.75, 3.05) is 12.4 Å². The lowest BCUT2D eigenvalue weighted by molar-refractivity contribution is -0.125. The summed E-state index contributed by atoms with van der Waals surface area (Å²) in [7, 11) is -3.60. The molecule has 0 radical (unpaired) electrons. The van der Waals surface area contributed by atoms with Gasteiger partial charge in [0.15, 0.2) is 16.4 Å². The summed E-state index contributed by atoms with van der Waals surface area (Å²) in [6.07, 6.45) is 0. The fourth-order valence-corrected chi connectivity index (χ4v) is 2.98. The summed E-state index contributed by atoms with van der Waals surface area (Å²) < 4.78 is 29.0. The molecule has 7 nitrogen and oxygen atoms in total. The normalized spacial score (nSPS) is 13.6. The first-order valence-corrected chi connectivity index (χ1v) is 9.43. The number of esters is 1. The first-order chi connectivity index (χ1) is 11.6. The zero-order valence-electron chi connectivity index (χ0n) is 14.7. The summed E-state index contributed by atoms with van der Waals surface area (Å²) in [6, 6.07) is 7.68. The molecule has 0 aliphatic heterocycles. The lowest BCUT2D eigenvalue weighted by atomic mass is 9.90. The van der Waals surface area contributed by atoms with Crippen molar-refractivity contribution in [3.8, 4) is 6.07 Å². The minimum atomic E-state index is -3.60. The summed E-state index contributed by atoms with van der Waals surface area (Å²) >= 11 is 0. The number of sulfone groups is 1. The number of ether oxygens (including phenoxy) is 1. The van der Waals surface area contributed by atoms with Crippen molar-refractivity contribution in [1.82, 2.24) is 5.32 Å². The van der Waals surface area contributed by atoms with E-state index in [9.17, 15) is 23.3 Å². The highest BCUT2D eigenvalue weighted by Crippen LogP contribution is 2.18. The SMILES string of the molecule is CCS(=O)(=O)c1ccccc1C(=O)OCC(=O)N[C@@](C)(C#N)C(C)C. The lowest BCUT2D eigenvalue weighted by Gasteiger charge is -2.27. The number of amides is 1. The van der Waals surface area contributed by atoms with Gasteiger partial charge in [-0.15, -0.1) is 0 Å². The first-order valence-electron chi connectivity index (χ1n) is 7.78. The van der Waals surface area contributed by atoms with Crippen LogP contribution in [0.5, 0.6) is 0 Å². The third-order valence-electron chi connectivity index (χ3n) is 3.94. The molecule has 0 bridgehead atoms. The number of benzene rings is 1. The van der Waals surface area contributed by atoms with Crippen LogP contribution in [0.4, 0.5) is 0 Å². The Morgan fingerprint density at radius 1 is 1.32 bits per heavy atom. The minimum absolute atomic E-state index is 0.121. The van der Waals surface area contributed by atoms with Crippen LogP contribution in [0.3, 0.4) is 0 Å². The van der Waals surface area contributed by atoms with Crippen LogP contribution in [0.2, 0.25) is 0 Å². The number of hydrogen-bond donors (Lipinski definition) is 1. The molecule has 0 saturated heterocycles. The maximum Gasteiger partial charge on any atom is 0.339 e. The third kappa shape index (κ3) is 5.03. The molecule has 1 aromatic carbocycles. The molecule has 1 rings (SSSR count). The second-order valence-electron chi connectivity index (χ2n) is 5.99. The Labute approximate surface area is 147 Å². The van der Waals surface area contributed by atoms with Gasteiger partial charge in [-0.3, -0.25) is 4.79 Å². The first kappa shape index (κ1) is 20.6. The van der Waals surface area contributed by atoms with E-state index in [1.807, 2.05) is 6.07 Å². The van der Waals surface area contributed by atoms with Crippen LogP contribution in [-0.4, -0.2) is 38.2 Å². The van der Waals surface area contributed by atoms with Crippen molar-refractivity contribution >= 4 is 21.7 Å². The molecule has 1 N–H and O–H groups in total. The molecule has 0 aliphatic rings. The molecule has 1 aromatic rings. The number of hydrogen-bond acceptors (Lipinski definition) is 6. The van der Waals surface area contributed by atoms with Crippen LogP contribution in [0.1, 0.15) is 38.1 Å².